The van der Waals surface area contributed by atoms with E-state index >= 15 is 0 Å². The number of nitrogens with one attached hydrogen (secondary N) is 1. The first-order valence-electron chi connectivity index (χ1n) is 8.72. The quantitative estimate of drug-likeness (QED) is 0.792. The fourth-order valence-electron chi connectivity index (χ4n) is 4.12. The first kappa shape index (κ1) is 13.9. The Bertz CT molecular complexity index is 281. The molecule has 3 rings (SSSR count). The maximum atomic E-state index is 3.87. The SMILES string of the molecule is CCCC1CC(NCC2CC2)CN(C2CC(C)C2)C1. The molecule has 0 aromatic carbocycles. The van der Waals surface area contributed by atoms with Crippen LogP contribution in [0.25, 0.3) is 0 Å². The average Bonchev–Trinajstić information content (AvgIpc) is 3.17. The zero-order valence-corrected chi connectivity index (χ0v) is 12.9. The predicted molar refractivity (Wildman–Crippen MR) is 81.3 cm³/mol. The van der Waals surface area contributed by atoms with Gasteiger partial charge in [-0.25, -0.2) is 0 Å². The highest BCUT2D eigenvalue weighted by atomic mass is 15.2. The molecule has 1 N–H and O–H groups in total. The van der Waals surface area contributed by atoms with Crippen LogP contribution < -0.4 is 5.32 Å². The minimum atomic E-state index is 0.779. The van der Waals surface area contributed by atoms with Gasteiger partial charge in [-0.2, -0.15) is 0 Å². The monoisotopic (exact) mass is 264 g/mol. The Morgan fingerprint density at radius 1 is 1.05 bits per heavy atom. The fourth-order valence-corrected chi connectivity index (χ4v) is 4.12. The summed E-state index contributed by atoms with van der Waals surface area (Å²) in [4.78, 5) is 2.83. The number of hydrogen-bond acceptors (Lipinski definition) is 2. The van der Waals surface area contributed by atoms with Crippen LogP contribution in [0.1, 0.15) is 58.8 Å². The number of hydrogen-bond donors (Lipinski definition) is 1. The summed E-state index contributed by atoms with van der Waals surface area (Å²) in [7, 11) is 0. The summed E-state index contributed by atoms with van der Waals surface area (Å²) in [6.07, 6.45) is 10.1. The van der Waals surface area contributed by atoms with Crippen LogP contribution in [-0.4, -0.2) is 36.6 Å². The van der Waals surface area contributed by atoms with Gasteiger partial charge in [0.25, 0.3) is 0 Å². The summed E-state index contributed by atoms with van der Waals surface area (Å²) in [6.45, 7) is 8.75. The lowest BCUT2D eigenvalue weighted by Crippen LogP contribution is -2.55. The molecule has 1 heterocycles. The molecule has 2 unspecified atom stereocenters. The average molecular weight is 264 g/mol. The van der Waals surface area contributed by atoms with Gasteiger partial charge in [-0.05, 0) is 62.8 Å². The summed E-state index contributed by atoms with van der Waals surface area (Å²) in [6, 6.07) is 1.70. The largest absolute Gasteiger partial charge is 0.312 e. The minimum Gasteiger partial charge on any atom is -0.312 e. The first-order valence-corrected chi connectivity index (χ1v) is 8.72. The van der Waals surface area contributed by atoms with Crippen LogP contribution >= 0.6 is 0 Å². The third-order valence-corrected chi connectivity index (χ3v) is 5.52. The Morgan fingerprint density at radius 3 is 2.47 bits per heavy atom. The Labute approximate surface area is 119 Å². The highest BCUT2D eigenvalue weighted by molar-refractivity contribution is 4.92. The van der Waals surface area contributed by atoms with Gasteiger partial charge in [0.15, 0.2) is 0 Å². The van der Waals surface area contributed by atoms with Gasteiger partial charge in [0.1, 0.15) is 0 Å². The molecule has 2 heteroatoms. The van der Waals surface area contributed by atoms with Gasteiger partial charge in [-0.15, -0.1) is 0 Å². The van der Waals surface area contributed by atoms with Gasteiger partial charge < -0.3 is 5.32 Å². The van der Waals surface area contributed by atoms with Crippen molar-refractivity contribution in [3.05, 3.63) is 0 Å². The van der Waals surface area contributed by atoms with Gasteiger partial charge in [0, 0.05) is 25.2 Å². The van der Waals surface area contributed by atoms with Crippen molar-refractivity contribution in [3.63, 3.8) is 0 Å². The van der Waals surface area contributed by atoms with Crippen molar-refractivity contribution in [1.82, 2.24) is 10.2 Å². The summed E-state index contributed by atoms with van der Waals surface area (Å²) in [5, 5.41) is 3.87. The molecule has 1 aliphatic heterocycles. The van der Waals surface area contributed by atoms with Gasteiger partial charge in [0.2, 0.25) is 0 Å². The minimum absolute atomic E-state index is 0.779. The van der Waals surface area contributed by atoms with E-state index in [0.29, 0.717) is 0 Å². The fraction of sp³-hybridized carbons (Fsp3) is 1.00. The molecule has 0 radical (unpaired) electrons. The molecule has 2 nitrogen and oxygen atoms in total. The van der Waals surface area contributed by atoms with Crippen LogP contribution in [-0.2, 0) is 0 Å². The highest BCUT2D eigenvalue weighted by Gasteiger charge is 2.36. The highest BCUT2D eigenvalue weighted by Crippen LogP contribution is 2.35. The zero-order chi connectivity index (χ0) is 13.2. The third kappa shape index (κ3) is 3.72. The molecule has 0 bridgehead atoms. The molecule has 0 amide bonds. The van der Waals surface area contributed by atoms with E-state index in [9.17, 15) is 0 Å². The molecule has 3 aliphatic rings. The van der Waals surface area contributed by atoms with Crippen molar-refractivity contribution in [1.29, 1.82) is 0 Å². The van der Waals surface area contributed by atoms with E-state index in [1.165, 1.54) is 64.6 Å². The third-order valence-electron chi connectivity index (χ3n) is 5.52. The summed E-state index contributed by atoms with van der Waals surface area (Å²) >= 11 is 0. The lowest BCUT2D eigenvalue weighted by molar-refractivity contribution is 0.0317. The Kier molecular flexibility index (Phi) is 4.48. The van der Waals surface area contributed by atoms with Crippen LogP contribution in [0.2, 0.25) is 0 Å². The molecule has 110 valence electrons. The normalized spacial score (nSPS) is 40.1. The number of likely N-dealkylation sites (tertiary alicyclic amines) is 1. The lowest BCUT2D eigenvalue weighted by atomic mass is 9.78. The standard InChI is InChI=1S/C17H32N2/c1-3-4-15-9-16(18-10-14-5-6-14)12-19(11-15)17-7-13(2)8-17/h13-18H,3-12H2,1-2H3. The van der Waals surface area contributed by atoms with Crippen LogP contribution in [0, 0.1) is 17.8 Å². The molecular formula is C17H32N2. The van der Waals surface area contributed by atoms with Gasteiger partial charge >= 0.3 is 0 Å². The predicted octanol–water partition coefficient (Wildman–Crippen LogP) is 3.28. The van der Waals surface area contributed by atoms with E-state index in [1.807, 2.05) is 0 Å². The second-order valence-corrected chi connectivity index (χ2v) is 7.62. The molecule has 0 spiro atoms. The van der Waals surface area contributed by atoms with E-state index in [0.717, 1.165) is 29.8 Å². The Balaban J connectivity index is 1.50. The van der Waals surface area contributed by atoms with E-state index < -0.39 is 0 Å². The number of nitrogens with zero attached hydrogens (tertiary/aromatic N) is 1. The van der Waals surface area contributed by atoms with Crippen molar-refractivity contribution in [3.8, 4) is 0 Å². The van der Waals surface area contributed by atoms with E-state index in [4.69, 9.17) is 0 Å². The Hall–Kier alpha value is -0.0800. The van der Waals surface area contributed by atoms with E-state index in [1.54, 1.807) is 0 Å². The molecule has 2 aliphatic carbocycles. The van der Waals surface area contributed by atoms with Crippen LogP contribution in [0.15, 0.2) is 0 Å². The smallest absolute Gasteiger partial charge is 0.0198 e. The van der Waals surface area contributed by atoms with E-state index in [2.05, 4.69) is 24.1 Å². The number of rotatable bonds is 6. The summed E-state index contributed by atoms with van der Waals surface area (Å²) in [5.41, 5.74) is 0. The molecule has 3 fully saturated rings. The van der Waals surface area contributed by atoms with Gasteiger partial charge in [-0.3, -0.25) is 4.90 Å². The second-order valence-electron chi connectivity index (χ2n) is 7.62. The van der Waals surface area contributed by atoms with Crippen molar-refractivity contribution < 1.29 is 0 Å². The molecular weight excluding hydrogens is 232 g/mol. The zero-order valence-electron chi connectivity index (χ0n) is 12.9. The second kappa shape index (κ2) is 6.13. The molecule has 2 saturated carbocycles. The molecule has 0 aromatic heterocycles. The van der Waals surface area contributed by atoms with Crippen LogP contribution in [0.5, 0.6) is 0 Å². The van der Waals surface area contributed by atoms with E-state index in [-0.39, 0.29) is 0 Å². The Morgan fingerprint density at radius 2 is 1.84 bits per heavy atom. The maximum absolute atomic E-state index is 3.87. The van der Waals surface area contributed by atoms with Crippen molar-refractivity contribution in [2.75, 3.05) is 19.6 Å². The van der Waals surface area contributed by atoms with Gasteiger partial charge in [0.05, 0.1) is 0 Å². The van der Waals surface area contributed by atoms with Gasteiger partial charge in [-0.1, -0.05) is 20.3 Å². The number of piperidine rings is 1. The lowest BCUT2D eigenvalue weighted by Gasteiger charge is -2.47. The van der Waals surface area contributed by atoms with Crippen molar-refractivity contribution in [2.45, 2.75) is 70.9 Å². The molecule has 19 heavy (non-hydrogen) atoms. The first-order chi connectivity index (χ1) is 9.24. The van der Waals surface area contributed by atoms with Crippen LogP contribution in [0.4, 0.5) is 0 Å². The van der Waals surface area contributed by atoms with Crippen molar-refractivity contribution in [2.24, 2.45) is 17.8 Å². The molecule has 0 aromatic rings. The van der Waals surface area contributed by atoms with Crippen molar-refractivity contribution >= 4 is 0 Å². The molecule has 1 saturated heterocycles. The molecule has 2 atom stereocenters. The topological polar surface area (TPSA) is 15.3 Å². The summed E-state index contributed by atoms with van der Waals surface area (Å²) in [5.74, 6) is 2.95. The van der Waals surface area contributed by atoms with Crippen LogP contribution in [0.3, 0.4) is 0 Å². The summed E-state index contributed by atoms with van der Waals surface area (Å²) < 4.78 is 0. The maximum Gasteiger partial charge on any atom is 0.0198 e.